The summed E-state index contributed by atoms with van der Waals surface area (Å²) in [5.41, 5.74) is 0. The van der Waals surface area contributed by atoms with Gasteiger partial charge >= 0.3 is 0 Å². The van der Waals surface area contributed by atoms with Crippen molar-refractivity contribution in [3.8, 4) is 0 Å². The van der Waals surface area contributed by atoms with Crippen LogP contribution >= 0.6 is 23.1 Å². The maximum Gasteiger partial charge on any atom is 0.239 e. The second kappa shape index (κ2) is 4.98. The zero-order chi connectivity index (χ0) is 11.7. The van der Waals surface area contributed by atoms with Crippen LogP contribution in [0.25, 0.3) is 0 Å². The molecule has 92 valence electrons. The lowest BCUT2D eigenvalue weighted by molar-refractivity contribution is -0.116. The molecule has 1 aromatic rings. The highest BCUT2D eigenvalue weighted by molar-refractivity contribution is 8.01. The third-order valence-corrected chi connectivity index (χ3v) is 5.70. The van der Waals surface area contributed by atoms with Gasteiger partial charge in [0.1, 0.15) is 0 Å². The summed E-state index contributed by atoms with van der Waals surface area (Å²) in [6.07, 6.45) is 8.33. The lowest BCUT2D eigenvalue weighted by Crippen LogP contribution is -2.38. The van der Waals surface area contributed by atoms with E-state index in [0.29, 0.717) is 17.0 Å². The van der Waals surface area contributed by atoms with Gasteiger partial charge in [-0.05, 0) is 18.8 Å². The fraction of sp³-hybridized carbons (Fsp3) is 0.667. The summed E-state index contributed by atoms with van der Waals surface area (Å²) >= 11 is 3.38. The lowest BCUT2D eigenvalue weighted by Gasteiger charge is -2.31. The summed E-state index contributed by atoms with van der Waals surface area (Å²) in [5, 5.41) is 3.17. The number of thiazole rings is 1. The van der Waals surface area contributed by atoms with E-state index < -0.39 is 0 Å². The van der Waals surface area contributed by atoms with Crippen LogP contribution in [0.5, 0.6) is 0 Å². The Kier molecular flexibility index (Phi) is 3.38. The average molecular weight is 268 g/mol. The molecule has 0 radical (unpaired) electrons. The minimum Gasteiger partial charge on any atom is -0.274 e. The predicted molar refractivity (Wildman–Crippen MR) is 72.4 cm³/mol. The van der Waals surface area contributed by atoms with Crippen molar-refractivity contribution in [2.75, 3.05) is 10.7 Å². The first kappa shape index (κ1) is 11.5. The second-order valence-electron chi connectivity index (χ2n) is 4.68. The van der Waals surface area contributed by atoms with Gasteiger partial charge in [0.05, 0.1) is 11.1 Å². The molecular weight excluding hydrogens is 252 g/mol. The minimum atomic E-state index is 0.237. The molecular formula is C12H16N2OS2. The van der Waals surface area contributed by atoms with Crippen LogP contribution in [0.15, 0.2) is 11.6 Å². The van der Waals surface area contributed by atoms with Gasteiger partial charge in [-0.2, -0.15) is 0 Å². The molecule has 1 saturated heterocycles. The SMILES string of the molecule is O=C1CS[C@H](C2CCCCC2)N1c1nccs1. The van der Waals surface area contributed by atoms with Crippen LogP contribution in [0.3, 0.4) is 0 Å². The van der Waals surface area contributed by atoms with Gasteiger partial charge < -0.3 is 0 Å². The van der Waals surface area contributed by atoms with Crippen molar-refractivity contribution in [3.05, 3.63) is 11.6 Å². The number of thioether (sulfide) groups is 1. The summed E-state index contributed by atoms with van der Waals surface area (Å²) in [6.45, 7) is 0. The highest BCUT2D eigenvalue weighted by Gasteiger charge is 2.39. The Bertz CT molecular complexity index is 387. The van der Waals surface area contributed by atoms with Crippen LogP contribution < -0.4 is 4.90 Å². The predicted octanol–water partition coefficient (Wildman–Crippen LogP) is 3.13. The van der Waals surface area contributed by atoms with Crippen molar-refractivity contribution < 1.29 is 4.79 Å². The first-order valence-corrected chi connectivity index (χ1v) is 8.12. The van der Waals surface area contributed by atoms with Gasteiger partial charge in [0.2, 0.25) is 5.91 Å². The summed E-state index contributed by atoms with van der Waals surface area (Å²) < 4.78 is 0. The molecule has 1 atom stereocenters. The molecule has 0 bridgehead atoms. The van der Waals surface area contributed by atoms with Gasteiger partial charge in [0.15, 0.2) is 5.13 Å². The number of carbonyl (C=O) groups is 1. The second-order valence-corrected chi connectivity index (χ2v) is 6.66. The highest BCUT2D eigenvalue weighted by atomic mass is 32.2. The molecule has 1 amide bonds. The van der Waals surface area contributed by atoms with E-state index in [9.17, 15) is 4.79 Å². The van der Waals surface area contributed by atoms with Crippen LogP contribution in [0.1, 0.15) is 32.1 Å². The maximum absolute atomic E-state index is 12.0. The van der Waals surface area contributed by atoms with Gasteiger partial charge in [-0.3, -0.25) is 9.69 Å². The van der Waals surface area contributed by atoms with E-state index in [0.717, 1.165) is 5.13 Å². The van der Waals surface area contributed by atoms with Crippen molar-refractivity contribution >= 4 is 34.1 Å². The molecule has 3 nitrogen and oxygen atoms in total. The molecule has 2 heterocycles. The molecule has 5 heteroatoms. The van der Waals surface area contributed by atoms with E-state index in [4.69, 9.17) is 0 Å². The van der Waals surface area contributed by atoms with E-state index in [1.807, 2.05) is 10.3 Å². The Morgan fingerprint density at radius 2 is 2.12 bits per heavy atom. The average Bonchev–Trinajstić information content (AvgIpc) is 2.99. The van der Waals surface area contributed by atoms with Crippen LogP contribution in [0.4, 0.5) is 5.13 Å². The Morgan fingerprint density at radius 3 is 2.82 bits per heavy atom. The van der Waals surface area contributed by atoms with E-state index in [-0.39, 0.29) is 5.91 Å². The third-order valence-electron chi connectivity index (χ3n) is 3.58. The van der Waals surface area contributed by atoms with Crippen LogP contribution in [-0.4, -0.2) is 22.0 Å². The molecule has 1 saturated carbocycles. The number of rotatable bonds is 2. The number of amides is 1. The zero-order valence-electron chi connectivity index (χ0n) is 9.67. The summed E-state index contributed by atoms with van der Waals surface area (Å²) in [5.74, 6) is 1.53. The van der Waals surface area contributed by atoms with Crippen LogP contribution in [-0.2, 0) is 4.79 Å². The maximum atomic E-state index is 12.0. The number of anilines is 1. The quantitative estimate of drug-likeness (QED) is 0.826. The Morgan fingerprint density at radius 1 is 1.29 bits per heavy atom. The summed E-state index contributed by atoms with van der Waals surface area (Å²) in [4.78, 5) is 18.3. The van der Waals surface area contributed by atoms with Gasteiger partial charge in [-0.25, -0.2) is 4.98 Å². The summed E-state index contributed by atoms with van der Waals surface area (Å²) in [7, 11) is 0. The third kappa shape index (κ3) is 2.22. The largest absolute Gasteiger partial charge is 0.274 e. The van der Waals surface area contributed by atoms with Gasteiger partial charge in [-0.1, -0.05) is 19.3 Å². The van der Waals surface area contributed by atoms with Crippen molar-refractivity contribution in [1.82, 2.24) is 4.98 Å². The Balaban J connectivity index is 1.81. The standard InChI is InChI=1S/C12H16N2OS2/c15-10-8-17-11(9-4-2-1-3-5-9)14(10)12-13-6-7-16-12/h6-7,9,11H,1-5,8H2/t11-/m1/s1. The molecule has 1 aliphatic carbocycles. The number of hydrogen-bond acceptors (Lipinski definition) is 4. The number of hydrogen-bond donors (Lipinski definition) is 0. The van der Waals surface area contributed by atoms with Crippen molar-refractivity contribution in [2.24, 2.45) is 5.92 Å². The molecule has 17 heavy (non-hydrogen) atoms. The number of nitrogens with zero attached hydrogens (tertiary/aromatic N) is 2. The first-order valence-electron chi connectivity index (χ1n) is 6.19. The number of aromatic nitrogens is 1. The normalized spacial score (nSPS) is 26.7. The molecule has 1 aliphatic heterocycles. The molecule has 0 spiro atoms. The van der Waals surface area contributed by atoms with Gasteiger partial charge in [-0.15, -0.1) is 23.1 Å². The Hall–Kier alpha value is -0.550. The lowest BCUT2D eigenvalue weighted by atomic mass is 9.88. The van der Waals surface area contributed by atoms with E-state index >= 15 is 0 Å². The smallest absolute Gasteiger partial charge is 0.239 e. The molecule has 3 rings (SSSR count). The van der Waals surface area contributed by atoms with Crippen molar-refractivity contribution in [3.63, 3.8) is 0 Å². The summed E-state index contributed by atoms with van der Waals surface area (Å²) in [6, 6.07) is 0. The van der Waals surface area contributed by atoms with Crippen molar-refractivity contribution in [1.29, 1.82) is 0 Å². The monoisotopic (exact) mass is 268 g/mol. The Labute approximate surface area is 110 Å². The molecule has 2 fully saturated rings. The molecule has 2 aliphatic rings. The fourth-order valence-electron chi connectivity index (χ4n) is 2.76. The molecule has 1 aromatic heterocycles. The fourth-order valence-corrected chi connectivity index (χ4v) is 4.88. The highest BCUT2D eigenvalue weighted by Crippen LogP contribution is 2.41. The molecule has 0 N–H and O–H groups in total. The van der Waals surface area contributed by atoms with Crippen LogP contribution in [0.2, 0.25) is 0 Å². The topological polar surface area (TPSA) is 33.2 Å². The van der Waals surface area contributed by atoms with Crippen LogP contribution in [0, 0.1) is 5.92 Å². The van der Waals surface area contributed by atoms with E-state index in [1.54, 1.807) is 29.3 Å². The number of carbonyl (C=O) groups excluding carboxylic acids is 1. The minimum absolute atomic E-state index is 0.237. The van der Waals surface area contributed by atoms with E-state index in [2.05, 4.69) is 4.98 Å². The van der Waals surface area contributed by atoms with Gasteiger partial charge in [0.25, 0.3) is 0 Å². The first-order chi connectivity index (χ1) is 8.36. The van der Waals surface area contributed by atoms with Gasteiger partial charge in [0, 0.05) is 11.6 Å². The van der Waals surface area contributed by atoms with Crippen molar-refractivity contribution in [2.45, 2.75) is 37.5 Å². The molecule has 0 aromatic carbocycles. The van der Waals surface area contributed by atoms with E-state index in [1.165, 1.54) is 32.1 Å². The zero-order valence-corrected chi connectivity index (χ0v) is 11.3. The molecule has 0 unspecified atom stereocenters.